The van der Waals surface area contributed by atoms with E-state index >= 15 is 0 Å². The second-order valence-electron chi connectivity index (χ2n) is 5.79. The number of ether oxygens (including phenoxy) is 1. The Labute approximate surface area is 109 Å². The van der Waals surface area contributed by atoms with E-state index in [4.69, 9.17) is 4.74 Å². The van der Waals surface area contributed by atoms with Crippen LogP contribution in [0.5, 0.6) is 0 Å². The Bertz CT molecular complexity index is 431. The number of hydrogen-bond donors (Lipinski definition) is 1. The SMILES string of the molecule is COC1CC(NCc2ccc(F)cc2C)C1(C)C. The largest absolute Gasteiger partial charge is 0.381 e. The monoisotopic (exact) mass is 251 g/mol. The summed E-state index contributed by atoms with van der Waals surface area (Å²) in [4.78, 5) is 0. The average molecular weight is 251 g/mol. The maximum atomic E-state index is 13.0. The number of rotatable bonds is 4. The van der Waals surface area contributed by atoms with Crippen molar-refractivity contribution in [3.63, 3.8) is 0 Å². The Morgan fingerprint density at radius 3 is 2.72 bits per heavy atom. The van der Waals surface area contributed by atoms with Crippen LogP contribution in [-0.4, -0.2) is 19.3 Å². The molecule has 2 rings (SSSR count). The van der Waals surface area contributed by atoms with Gasteiger partial charge in [-0.05, 0) is 36.6 Å². The molecule has 1 aliphatic carbocycles. The molecule has 0 amide bonds. The van der Waals surface area contributed by atoms with Gasteiger partial charge in [-0.2, -0.15) is 0 Å². The molecule has 1 aromatic carbocycles. The van der Waals surface area contributed by atoms with Gasteiger partial charge >= 0.3 is 0 Å². The first kappa shape index (κ1) is 13.5. The van der Waals surface area contributed by atoms with Gasteiger partial charge in [0, 0.05) is 25.1 Å². The molecule has 1 fully saturated rings. The minimum atomic E-state index is -0.167. The number of methoxy groups -OCH3 is 1. The van der Waals surface area contributed by atoms with Crippen molar-refractivity contribution in [2.45, 2.75) is 45.9 Å². The minimum Gasteiger partial charge on any atom is -0.381 e. The van der Waals surface area contributed by atoms with E-state index in [1.165, 1.54) is 6.07 Å². The molecular formula is C15H22FNO. The van der Waals surface area contributed by atoms with Crippen LogP contribution in [-0.2, 0) is 11.3 Å². The molecule has 2 nitrogen and oxygen atoms in total. The summed E-state index contributed by atoms with van der Waals surface area (Å²) in [6, 6.07) is 5.43. The van der Waals surface area contributed by atoms with Crippen LogP contribution in [0.15, 0.2) is 18.2 Å². The lowest BCUT2D eigenvalue weighted by Crippen LogP contribution is -2.60. The van der Waals surface area contributed by atoms with Gasteiger partial charge in [-0.15, -0.1) is 0 Å². The highest BCUT2D eigenvalue weighted by molar-refractivity contribution is 5.26. The van der Waals surface area contributed by atoms with Crippen LogP contribution < -0.4 is 5.32 Å². The van der Waals surface area contributed by atoms with E-state index < -0.39 is 0 Å². The van der Waals surface area contributed by atoms with Gasteiger partial charge in [0.05, 0.1) is 6.10 Å². The molecule has 1 aromatic rings. The molecule has 1 saturated carbocycles. The normalized spacial score (nSPS) is 25.8. The highest BCUT2D eigenvalue weighted by Crippen LogP contribution is 2.42. The van der Waals surface area contributed by atoms with Crippen molar-refractivity contribution in [2.75, 3.05) is 7.11 Å². The van der Waals surface area contributed by atoms with E-state index in [2.05, 4.69) is 19.2 Å². The third-order valence-corrected chi connectivity index (χ3v) is 4.31. The summed E-state index contributed by atoms with van der Waals surface area (Å²) in [5.41, 5.74) is 2.33. The molecule has 2 atom stereocenters. The molecule has 0 heterocycles. The average Bonchev–Trinajstić information content (AvgIpc) is 2.30. The van der Waals surface area contributed by atoms with Gasteiger partial charge in [0.15, 0.2) is 0 Å². The van der Waals surface area contributed by atoms with E-state index in [1.54, 1.807) is 13.2 Å². The molecular weight excluding hydrogens is 229 g/mol. The van der Waals surface area contributed by atoms with Crippen molar-refractivity contribution < 1.29 is 9.13 Å². The summed E-state index contributed by atoms with van der Waals surface area (Å²) >= 11 is 0. The van der Waals surface area contributed by atoms with Crippen molar-refractivity contribution in [3.8, 4) is 0 Å². The van der Waals surface area contributed by atoms with E-state index in [0.717, 1.165) is 24.1 Å². The smallest absolute Gasteiger partial charge is 0.123 e. The van der Waals surface area contributed by atoms with Gasteiger partial charge in [0.2, 0.25) is 0 Å². The van der Waals surface area contributed by atoms with E-state index in [-0.39, 0.29) is 11.2 Å². The fourth-order valence-electron chi connectivity index (χ4n) is 2.72. The Hall–Kier alpha value is -0.930. The maximum absolute atomic E-state index is 13.0. The van der Waals surface area contributed by atoms with Crippen molar-refractivity contribution in [3.05, 3.63) is 35.1 Å². The highest BCUT2D eigenvalue weighted by Gasteiger charge is 2.48. The molecule has 100 valence electrons. The van der Waals surface area contributed by atoms with Gasteiger partial charge in [0.1, 0.15) is 5.82 Å². The lowest BCUT2D eigenvalue weighted by atomic mass is 9.64. The van der Waals surface area contributed by atoms with Gasteiger partial charge in [0.25, 0.3) is 0 Å². The molecule has 0 bridgehead atoms. The van der Waals surface area contributed by atoms with Crippen LogP contribution >= 0.6 is 0 Å². The van der Waals surface area contributed by atoms with Crippen LogP contribution in [0.3, 0.4) is 0 Å². The third-order valence-electron chi connectivity index (χ3n) is 4.31. The zero-order valence-electron chi connectivity index (χ0n) is 11.6. The van der Waals surface area contributed by atoms with E-state index in [1.807, 2.05) is 13.0 Å². The van der Waals surface area contributed by atoms with Crippen LogP contribution in [0, 0.1) is 18.2 Å². The number of hydrogen-bond acceptors (Lipinski definition) is 2. The van der Waals surface area contributed by atoms with Crippen LogP contribution in [0.2, 0.25) is 0 Å². The summed E-state index contributed by atoms with van der Waals surface area (Å²) in [5, 5.41) is 3.55. The summed E-state index contributed by atoms with van der Waals surface area (Å²) in [6.07, 6.45) is 1.38. The Balaban J connectivity index is 1.93. The van der Waals surface area contributed by atoms with Gasteiger partial charge in [-0.1, -0.05) is 19.9 Å². The highest BCUT2D eigenvalue weighted by atomic mass is 19.1. The lowest BCUT2D eigenvalue weighted by molar-refractivity contribution is -0.0979. The summed E-state index contributed by atoms with van der Waals surface area (Å²) in [7, 11) is 1.77. The molecule has 0 spiro atoms. The quantitative estimate of drug-likeness (QED) is 0.888. The molecule has 18 heavy (non-hydrogen) atoms. The fraction of sp³-hybridized carbons (Fsp3) is 0.600. The Morgan fingerprint density at radius 2 is 2.17 bits per heavy atom. The van der Waals surface area contributed by atoms with E-state index in [0.29, 0.717) is 12.1 Å². The molecule has 0 saturated heterocycles. The van der Waals surface area contributed by atoms with Crippen molar-refractivity contribution in [1.82, 2.24) is 5.32 Å². The number of nitrogens with one attached hydrogen (secondary N) is 1. The van der Waals surface area contributed by atoms with Crippen LogP contribution in [0.1, 0.15) is 31.4 Å². The molecule has 1 N–H and O–H groups in total. The van der Waals surface area contributed by atoms with Crippen molar-refractivity contribution in [2.24, 2.45) is 5.41 Å². The fourth-order valence-corrected chi connectivity index (χ4v) is 2.72. The zero-order valence-corrected chi connectivity index (χ0v) is 11.6. The van der Waals surface area contributed by atoms with E-state index in [9.17, 15) is 4.39 Å². The number of halogens is 1. The summed E-state index contributed by atoms with van der Waals surface area (Å²) < 4.78 is 18.4. The third kappa shape index (κ3) is 2.43. The van der Waals surface area contributed by atoms with Crippen LogP contribution in [0.25, 0.3) is 0 Å². The molecule has 0 aliphatic heterocycles. The first-order valence-corrected chi connectivity index (χ1v) is 6.46. The van der Waals surface area contributed by atoms with Crippen molar-refractivity contribution >= 4 is 0 Å². The second-order valence-corrected chi connectivity index (χ2v) is 5.79. The topological polar surface area (TPSA) is 21.3 Å². The van der Waals surface area contributed by atoms with Gasteiger partial charge < -0.3 is 10.1 Å². The summed E-state index contributed by atoms with van der Waals surface area (Å²) in [6.45, 7) is 7.18. The van der Waals surface area contributed by atoms with Gasteiger partial charge in [-0.25, -0.2) is 4.39 Å². The molecule has 0 radical (unpaired) electrons. The standard InChI is InChI=1S/C15H22FNO/c1-10-7-12(16)6-5-11(10)9-17-13-8-14(18-4)15(13,2)3/h5-7,13-14,17H,8-9H2,1-4H3. The summed E-state index contributed by atoms with van der Waals surface area (Å²) in [5.74, 6) is -0.167. The lowest BCUT2D eigenvalue weighted by Gasteiger charge is -2.51. The first-order chi connectivity index (χ1) is 8.45. The Kier molecular flexibility index (Phi) is 3.74. The first-order valence-electron chi connectivity index (χ1n) is 6.46. The molecule has 1 aliphatic rings. The predicted octanol–water partition coefficient (Wildman–Crippen LogP) is 3.04. The number of aryl methyl sites for hydroxylation is 1. The molecule has 3 heteroatoms. The molecule has 0 aromatic heterocycles. The number of benzene rings is 1. The second kappa shape index (κ2) is 4.98. The predicted molar refractivity (Wildman–Crippen MR) is 71.0 cm³/mol. The maximum Gasteiger partial charge on any atom is 0.123 e. The minimum absolute atomic E-state index is 0.167. The Morgan fingerprint density at radius 1 is 1.44 bits per heavy atom. The zero-order chi connectivity index (χ0) is 13.3. The van der Waals surface area contributed by atoms with Gasteiger partial charge in [-0.3, -0.25) is 0 Å². The molecule has 2 unspecified atom stereocenters. The van der Waals surface area contributed by atoms with Crippen molar-refractivity contribution in [1.29, 1.82) is 0 Å². The van der Waals surface area contributed by atoms with Crippen LogP contribution in [0.4, 0.5) is 4.39 Å².